The predicted octanol–water partition coefficient (Wildman–Crippen LogP) is 3.93. The molecule has 0 saturated heterocycles. The minimum absolute atomic E-state index is 0.753. The van der Waals surface area contributed by atoms with E-state index in [-0.39, 0.29) is 0 Å². The molecule has 2 rings (SSSR count). The maximum absolute atomic E-state index is 5.32. The van der Waals surface area contributed by atoms with Crippen LogP contribution in [0.2, 0.25) is 0 Å². The average molecular weight is 271 g/mol. The van der Waals surface area contributed by atoms with Gasteiger partial charge in [0, 0.05) is 12.2 Å². The molecule has 0 amide bonds. The fraction of sp³-hybridized carbons (Fsp3) is 0.294. The Labute approximate surface area is 120 Å². The van der Waals surface area contributed by atoms with E-state index in [0.717, 1.165) is 23.6 Å². The van der Waals surface area contributed by atoms with Crippen LogP contribution in [0.3, 0.4) is 0 Å². The molecule has 1 N–H and O–H groups in total. The van der Waals surface area contributed by atoms with Gasteiger partial charge in [-0.2, -0.15) is 0 Å². The van der Waals surface area contributed by atoms with Gasteiger partial charge in [-0.15, -0.1) is 0 Å². The second-order valence-corrected chi connectivity index (χ2v) is 4.86. The molecule has 0 spiro atoms. The van der Waals surface area contributed by atoms with E-state index in [0.29, 0.717) is 0 Å². The van der Waals surface area contributed by atoms with Gasteiger partial charge in [0.15, 0.2) is 11.5 Å². The summed E-state index contributed by atoms with van der Waals surface area (Å²) in [5.41, 5.74) is 4.82. The molecule has 0 unspecified atom stereocenters. The first-order valence-electron chi connectivity index (χ1n) is 6.66. The van der Waals surface area contributed by atoms with Crippen LogP contribution in [-0.4, -0.2) is 14.2 Å². The smallest absolute Gasteiger partial charge is 0.161 e. The van der Waals surface area contributed by atoms with E-state index in [2.05, 4.69) is 37.4 Å². The molecule has 0 fully saturated rings. The fourth-order valence-electron chi connectivity index (χ4n) is 2.11. The van der Waals surface area contributed by atoms with Crippen molar-refractivity contribution in [2.45, 2.75) is 20.4 Å². The Kier molecular flexibility index (Phi) is 4.51. The molecule has 0 aliphatic carbocycles. The molecule has 0 aliphatic heterocycles. The Balaban J connectivity index is 2.12. The second kappa shape index (κ2) is 6.33. The standard InChI is InChI=1S/C17H21NO2/c1-12-5-6-13(2)15(9-12)18-11-14-7-8-16(19-3)17(10-14)20-4/h5-10,18H,11H2,1-4H3. The summed E-state index contributed by atoms with van der Waals surface area (Å²) in [6, 6.07) is 12.4. The average Bonchev–Trinajstić information content (AvgIpc) is 2.47. The third-order valence-corrected chi connectivity index (χ3v) is 3.32. The Hall–Kier alpha value is -2.16. The molecule has 0 radical (unpaired) electrons. The third-order valence-electron chi connectivity index (χ3n) is 3.32. The lowest BCUT2D eigenvalue weighted by atomic mass is 10.1. The summed E-state index contributed by atoms with van der Waals surface area (Å²) in [4.78, 5) is 0. The van der Waals surface area contributed by atoms with E-state index >= 15 is 0 Å². The molecule has 0 aliphatic rings. The van der Waals surface area contributed by atoms with E-state index in [1.807, 2.05) is 18.2 Å². The van der Waals surface area contributed by atoms with Crippen molar-refractivity contribution >= 4 is 5.69 Å². The molecular formula is C17H21NO2. The Morgan fingerprint density at radius 1 is 0.900 bits per heavy atom. The van der Waals surface area contributed by atoms with Crippen LogP contribution in [0.4, 0.5) is 5.69 Å². The molecule has 0 bridgehead atoms. The van der Waals surface area contributed by atoms with Gasteiger partial charge in [-0.1, -0.05) is 18.2 Å². The van der Waals surface area contributed by atoms with E-state index in [1.54, 1.807) is 14.2 Å². The van der Waals surface area contributed by atoms with Crippen molar-refractivity contribution in [3.8, 4) is 11.5 Å². The van der Waals surface area contributed by atoms with Gasteiger partial charge in [0.2, 0.25) is 0 Å². The Morgan fingerprint density at radius 3 is 2.35 bits per heavy atom. The SMILES string of the molecule is COc1ccc(CNc2cc(C)ccc2C)cc1OC. The molecular weight excluding hydrogens is 250 g/mol. The lowest BCUT2D eigenvalue weighted by Gasteiger charge is -2.13. The van der Waals surface area contributed by atoms with Crippen molar-refractivity contribution in [3.05, 3.63) is 53.1 Å². The highest BCUT2D eigenvalue weighted by Gasteiger charge is 2.05. The minimum atomic E-state index is 0.753. The summed E-state index contributed by atoms with van der Waals surface area (Å²) in [6.45, 7) is 4.96. The molecule has 3 nitrogen and oxygen atoms in total. The highest BCUT2D eigenvalue weighted by Crippen LogP contribution is 2.28. The number of ether oxygens (including phenoxy) is 2. The largest absolute Gasteiger partial charge is 0.493 e. The van der Waals surface area contributed by atoms with Crippen molar-refractivity contribution in [2.24, 2.45) is 0 Å². The molecule has 106 valence electrons. The van der Waals surface area contributed by atoms with Crippen LogP contribution in [-0.2, 0) is 6.54 Å². The maximum Gasteiger partial charge on any atom is 0.161 e. The summed E-state index contributed by atoms with van der Waals surface area (Å²) >= 11 is 0. The summed E-state index contributed by atoms with van der Waals surface area (Å²) in [5.74, 6) is 1.51. The van der Waals surface area contributed by atoms with Gasteiger partial charge >= 0.3 is 0 Å². The second-order valence-electron chi connectivity index (χ2n) is 4.86. The summed E-state index contributed by atoms with van der Waals surface area (Å²) in [7, 11) is 3.30. The zero-order valence-corrected chi connectivity index (χ0v) is 12.5. The lowest BCUT2D eigenvalue weighted by Crippen LogP contribution is -2.02. The molecule has 20 heavy (non-hydrogen) atoms. The van der Waals surface area contributed by atoms with E-state index < -0.39 is 0 Å². The van der Waals surface area contributed by atoms with Crippen LogP contribution in [0.25, 0.3) is 0 Å². The van der Waals surface area contributed by atoms with Gasteiger partial charge in [0.25, 0.3) is 0 Å². The minimum Gasteiger partial charge on any atom is -0.493 e. The number of rotatable bonds is 5. The first-order valence-corrected chi connectivity index (χ1v) is 6.66. The van der Waals surface area contributed by atoms with Crippen LogP contribution >= 0.6 is 0 Å². The van der Waals surface area contributed by atoms with Crippen molar-refractivity contribution in [1.82, 2.24) is 0 Å². The Bertz CT molecular complexity index is 594. The van der Waals surface area contributed by atoms with Crippen LogP contribution in [0.15, 0.2) is 36.4 Å². The monoisotopic (exact) mass is 271 g/mol. The van der Waals surface area contributed by atoms with Crippen molar-refractivity contribution in [2.75, 3.05) is 19.5 Å². The molecule has 2 aromatic carbocycles. The van der Waals surface area contributed by atoms with Gasteiger partial charge in [0.1, 0.15) is 0 Å². The van der Waals surface area contributed by atoms with Crippen molar-refractivity contribution < 1.29 is 9.47 Å². The Morgan fingerprint density at radius 2 is 1.65 bits per heavy atom. The van der Waals surface area contributed by atoms with Gasteiger partial charge in [-0.05, 0) is 48.7 Å². The fourth-order valence-corrected chi connectivity index (χ4v) is 2.11. The number of anilines is 1. The van der Waals surface area contributed by atoms with Crippen LogP contribution in [0.1, 0.15) is 16.7 Å². The number of nitrogens with one attached hydrogen (secondary N) is 1. The summed E-state index contributed by atoms with van der Waals surface area (Å²) < 4.78 is 10.6. The normalized spacial score (nSPS) is 10.2. The zero-order valence-electron chi connectivity index (χ0n) is 12.5. The van der Waals surface area contributed by atoms with Crippen LogP contribution in [0.5, 0.6) is 11.5 Å². The molecule has 0 saturated carbocycles. The zero-order chi connectivity index (χ0) is 14.5. The quantitative estimate of drug-likeness (QED) is 0.893. The number of hydrogen-bond donors (Lipinski definition) is 1. The summed E-state index contributed by atoms with van der Waals surface area (Å²) in [5, 5.41) is 3.46. The van der Waals surface area contributed by atoms with Gasteiger partial charge in [-0.3, -0.25) is 0 Å². The topological polar surface area (TPSA) is 30.5 Å². The molecule has 3 heteroatoms. The highest BCUT2D eigenvalue weighted by atomic mass is 16.5. The van der Waals surface area contributed by atoms with E-state index in [4.69, 9.17) is 9.47 Å². The van der Waals surface area contributed by atoms with E-state index in [1.165, 1.54) is 16.8 Å². The first kappa shape index (κ1) is 14.3. The van der Waals surface area contributed by atoms with Crippen LogP contribution < -0.4 is 14.8 Å². The first-order chi connectivity index (χ1) is 9.63. The summed E-state index contributed by atoms with van der Waals surface area (Å²) in [6.07, 6.45) is 0. The van der Waals surface area contributed by atoms with Gasteiger partial charge in [-0.25, -0.2) is 0 Å². The van der Waals surface area contributed by atoms with Crippen molar-refractivity contribution in [3.63, 3.8) is 0 Å². The molecule has 0 aromatic heterocycles. The number of hydrogen-bond acceptors (Lipinski definition) is 3. The number of aryl methyl sites for hydroxylation is 2. The van der Waals surface area contributed by atoms with E-state index in [9.17, 15) is 0 Å². The van der Waals surface area contributed by atoms with Gasteiger partial charge in [0.05, 0.1) is 14.2 Å². The molecule has 0 heterocycles. The lowest BCUT2D eigenvalue weighted by molar-refractivity contribution is 0.354. The molecule has 2 aromatic rings. The van der Waals surface area contributed by atoms with Crippen molar-refractivity contribution in [1.29, 1.82) is 0 Å². The maximum atomic E-state index is 5.32. The van der Waals surface area contributed by atoms with Crippen LogP contribution in [0, 0.1) is 13.8 Å². The number of benzene rings is 2. The van der Waals surface area contributed by atoms with Gasteiger partial charge < -0.3 is 14.8 Å². The third kappa shape index (κ3) is 3.23. The highest BCUT2D eigenvalue weighted by molar-refractivity contribution is 5.53. The number of methoxy groups -OCH3 is 2. The predicted molar refractivity (Wildman–Crippen MR) is 82.8 cm³/mol. The molecule has 0 atom stereocenters.